The Bertz CT molecular complexity index is 1840. The summed E-state index contributed by atoms with van der Waals surface area (Å²) >= 11 is 0. The number of nitrogens with zero attached hydrogens (tertiary/aromatic N) is 1. The largest absolute Gasteiger partial charge is 0.310 e. The molecule has 0 aromatic heterocycles. The van der Waals surface area contributed by atoms with Crippen LogP contribution in [0.4, 0.5) is 17.1 Å². The quantitative estimate of drug-likeness (QED) is 0.241. The highest BCUT2D eigenvalue weighted by atomic mass is 15.1. The standard InChI is InChI=1S/C37H27N/c1-37(2)33-16-10-9-15-28(33)30-20-19-29-27-18-17-26(23-32(27)31-21-22-34(37)36(30)35(29)31)38(24-11-5-3-6-12-24)25-13-7-4-8-14-25/h3-23H,1-2H3. The lowest BCUT2D eigenvalue weighted by Gasteiger charge is -2.35. The lowest BCUT2D eigenvalue weighted by atomic mass is 9.68. The summed E-state index contributed by atoms with van der Waals surface area (Å²) in [5, 5.41) is 2.82. The Hall–Kier alpha value is -4.62. The van der Waals surface area contributed by atoms with Crippen molar-refractivity contribution >= 4 is 27.8 Å². The molecule has 1 nitrogen and oxygen atoms in total. The number of anilines is 3. The van der Waals surface area contributed by atoms with Crippen LogP contribution in [0.3, 0.4) is 0 Å². The van der Waals surface area contributed by atoms with Crippen LogP contribution in [0, 0.1) is 0 Å². The van der Waals surface area contributed by atoms with Crippen LogP contribution < -0.4 is 4.90 Å². The van der Waals surface area contributed by atoms with Crippen molar-refractivity contribution in [3.05, 3.63) is 139 Å². The Morgan fingerprint density at radius 3 is 1.66 bits per heavy atom. The first-order valence-electron chi connectivity index (χ1n) is 13.4. The number of rotatable bonds is 3. The van der Waals surface area contributed by atoms with E-state index in [-0.39, 0.29) is 5.41 Å². The third kappa shape index (κ3) is 2.82. The predicted molar refractivity (Wildman–Crippen MR) is 161 cm³/mol. The van der Waals surface area contributed by atoms with E-state index in [2.05, 4.69) is 146 Å². The molecule has 0 fully saturated rings. The van der Waals surface area contributed by atoms with Crippen molar-refractivity contribution in [1.82, 2.24) is 0 Å². The molecule has 6 aromatic rings. The van der Waals surface area contributed by atoms with Gasteiger partial charge in [-0.25, -0.2) is 0 Å². The van der Waals surface area contributed by atoms with Gasteiger partial charge < -0.3 is 4.90 Å². The Kier molecular flexibility index (Phi) is 4.35. The van der Waals surface area contributed by atoms with E-state index in [1.165, 1.54) is 61.0 Å². The SMILES string of the molecule is CC1(C)c2ccccc2-c2ccc3c4c(ccc1c24)-c1cc(N(c2ccccc2)c2ccccc2)ccc1-3. The molecule has 180 valence electrons. The first-order valence-corrected chi connectivity index (χ1v) is 13.4. The number of fused-ring (bicyclic) bond motifs is 5. The second kappa shape index (κ2) is 7.69. The van der Waals surface area contributed by atoms with Crippen molar-refractivity contribution in [2.24, 2.45) is 0 Å². The average molecular weight is 486 g/mol. The lowest BCUT2D eigenvalue weighted by Crippen LogP contribution is -2.23. The molecule has 0 radical (unpaired) electrons. The van der Waals surface area contributed by atoms with E-state index in [0.717, 1.165) is 11.4 Å². The van der Waals surface area contributed by atoms with Crippen LogP contribution in [-0.4, -0.2) is 0 Å². The fourth-order valence-electron chi connectivity index (χ4n) is 6.83. The maximum absolute atomic E-state index is 2.38. The maximum Gasteiger partial charge on any atom is 0.0468 e. The van der Waals surface area contributed by atoms with Gasteiger partial charge in [-0.05, 0) is 91.7 Å². The third-order valence-corrected chi connectivity index (χ3v) is 8.60. The molecule has 0 bridgehead atoms. The smallest absolute Gasteiger partial charge is 0.0468 e. The molecule has 0 spiro atoms. The van der Waals surface area contributed by atoms with Crippen LogP contribution in [-0.2, 0) is 5.41 Å². The molecule has 6 aromatic carbocycles. The molecule has 8 rings (SSSR count). The van der Waals surface area contributed by atoms with E-state index in [9.17, 15) is 0 Å². The van der Waals surface area contributed by atoms with Gasteiger partial charge in [0.15, 0.2) is 0 Å². The van der Waals surface area contributed by atoms with Gasteiger partial charge in [0.1, 0.15) is 0 Å². The van der Waals surface area contributed by atoms with Crippen LogP contribution in [0.5, 0.6) is 0 Å². The molecule has 0 aliphatic heterocycles. The van der Waals surface area contributed by atoms with Crippen molar-refractivity contribution in [2.45, 2.75) is 19.3 Å². The first kappa shape index (κ1) is 21.5. The van der Waals surface area contributed by atoms with Crippen LogP contribution in [0.15, 0.2) is 127 Å². The highest BCUT2D eigenvalue weighted by Gasteiger charge is 2.36. The van der Waals surface area contributed by atoms with Gasteiger partial charge in [-0.1, -0.05) is 105 Å². The summed E-state index contributed by atoms with van der Waals surface area (Å²) in [5.74, 6) is 0. The molecule has 0 saturated carbocycles. The molecule has 1 heteroatoms. The zero-order valence-corrected chi connectivity index (χ0v) is 21.6. The summed E-state index contributed by atoms with van der Waals surface area (Å²) in [6.07, 6.45) is 0. The Labute approximate surface area is 223 Å². The summed E-state index contributed by atoms with van der Waals surface area (Å²) < 4.78 is 0. The second-order valence-electron chi connectivity index (χ2n) is 11.0. The van der Waals surface area contributed by atoms with Crippen molar-refractivity contribution < 1.29 is 0 Å². The molecule has 0 atom stereocenters. The minimum atomic E-state index is -0.0436. The van der Waals surface area contributed by atoms with Gasteiger partial charge in [-0.3, -0.25) is 0 Å². The molecule has 0 N–H and O–H groups in total. The van der Waals surface area contributed by atoms with Gasteiger partial charge in [-0.15, -0.1) is 0 Å². The first-order chi connectivity index (χ1) is 18.6. The van der Waals surface area contributed by atoms with Crippen molar-refractivity contribution in [3.8, 4) is 33.4 Å². The Morgan fingerprint density at radius 2 is 0.947 bits per heavy atom. The minimum Gasteiger partial charge on any atom is -0.310 e. The van der Waals surface area contributed by atoms with E-state index < -0.39 is 0 Å². The summed E-state index contributed by atoms with van der Waals surface area (Å²) in [5.41, 5.74) is 14.3. The topological polar surface area (TPSA) is 3.24 Å². The number of para-hydroxylation sites is 2. The fourth-order valence-corrected chi connectivity index (χ4v) is 6.83. The normalized spacial score (nSPS) is 13.7. The molecule has 2 aliphatic rings. The molecular formula is C37H27N. The Morgan fingerprint density at radius 1 is 0.395 bits per heavy atom. The Balaban J connectivity index is 1.38. The number of hydrogen-bond acceptors (Lipinski definition) is 1. The second-order valence-corrected chi connectivity index (χ2v) is 11.0. The lowest BCUT2D eigenvalue weighted by molar-refractivity contribution is 0.645. The van der Waals surface area contributed by atoms with Crippen molar-refractivity contribution in [3.63, 3.8) is 0 Å². The van der Waals surface area contributed by atoms with Gasteiger partial charge >= 0.3 is 0 Å². The van der Waals surface area contributed by atoms with Gasteiger partial charge in [0.25, 0.3) is 0 Å². The highest BCUT2D eigenvalue weighted by Crippen LogP contribution is 2.56. The summed E-state index contributed by atoms with van der Waals surface area (Å²) in [6.45, 7) is 4.74. The van der Waals surface area contributed by atoms with Gasteiger partial charge in [-0.2, -0.15) is 0 Å². The molecule has 0 saturated heterocycles. The van der Waals surface area contributed by atoms with E-state index >= 15 is 0 Å². The zero-order chi connectivity index (χ0) is 25.4. The van der Waals surface area contributed by atoms with Crippen LogP contribution in [0.25, 0.3) is 44.2 Å². The zero-order valence-electron chi connectivity index (χ0n) is 21.6. The molecular weight excluding hydrogens is 458 g/mol. The molecule has 0 heterocycles. The van der Waals surface area contributed by atoms with Gasteiger partial charge in [0.05, 0.1) is 0 Å². The van der Waals surface area contributed by atoms with Crippen molar-refractivity contribution in [1.29, 1.82) is 0 Å². The predicted octanol–water partition coefficient (Wildman–Crippen LogP) is 10.3. The molecule has 2 aliphatic carbocycles. The van der Waals surface area contributed by atoms with E-state index in [0.29, 0.717) is 0 Å². The van der Waals surface area contributed by atoms with Crippen molar-refractivity contribution in [2.75, 3.05) is 4.90 Å². The van der Waals surface area contributed by atoms with Gasteiger partial charge in [0.2, 0.25) is 0 Å². The van der Waals surface area contributed by atoms with E-state index in [4.69, 9.17) is 0 Å². The summed E-state index contributed by atoms with van der Waals surface area (Å²) in [7, 11) is 0. The maximum atomic E-state index is 2.38. The molecule has 0 amide bonds. The molecule has 38 heavy (non-hydrogen) atoms. The van der Waals surface area contributed by atoms with Gasteiger partial charge in [0, 0.05) is 22.5 Å². The fraction of sp³-hybridized carbons (Fsp3) is 0.0811. The third-order valence-electron chi connectivity index (χ3n) is 8.60. The van der Waals surface area contributed by atoms with Crippen LogP contribution in [0.1, 0.15) is 25.0 Å². The summed E-state index contributed by atoms with van der Waals surface area (Å²) in [4.78, 5) is 2.35. The van der Waals surface area contributed by atoms with Crippen LogP contribution >= 0.6 is 0 Å². The van der Waals surface area contributed by atoms with Crippen LogP contribution in [0.2, 0.25) is 0 Å². The monoisotopic (exact) mass is 485 g/mol. The van der Waals surface area contributed by atoms with E-state index in [1.54, 1.807) is 0 Å². The minimum absolute atomic E-state index is 0.0436. The number of benzene rings is 6. The molecule has 0 unspecified atom stereocenters. The van der Waals surface area contributed by atoms with E-state index in [1.807, 2.05) is 0 Å². The number of hydrogen-bond donors (Lipinski definition) is 0. The highest BCUT2D eigenvalue weighted by molar-refractivity contribution is 6.21. The average Bonchev–Trinajstić information content (AvgIpc) is 3.29. The summed E-state index contributed by atoms with van der Waals surface area (Å²) in [6, 6.07) is 46.7.